The molecule has 2 rings (SSSR count). The van der Waals surface area contributed by atoms with Crippen LogP contribution in [0.2, 0.25) is 0 Å². The molecule has 0 aliphatic carbocycles. The lowest BCUT2D eigenvalue weighted by atomic mass is 10.1. The van der Waals surface area contributed by atoms with Gasteiger partial charge in [-0.25, -0.2) is 4.39 Å². The lowest BCUT2D eigenvalue weighted by Crippen LogP contribution is -2.20. The predicted molar refractivity (Wildman–Crippen MR) is 105 cm³/mol. The topological polar surface area (TPSA) is 60.0 Å². The van der Waals surface area contributed by atoms with Gasteiger partial charge in [-0.05, 0) is 19.1 Å². The van der Waals surface area contributed by atoms with E-state index in [0.29, 0.717) is 50.0 Å². The van der Waals surface area contributed by atoms with Gasteiger partial charge in [0, 0.05) is 24.2 Å². The minimum Gasteiger partial charge on any atom is -0.490 e. The first-order valence-electron chi connectivity index (χ1n) is 8.76. The largest absolute Gasteiger partial charge is 0.490 e. The highest BCUT2D eigenvalue weighted by Gasteiger charge is 2.12. The van der Waals surface area contributed by atoms with Gasteiger partial charge in [-0.3, -0.25) is 0 Å². The molecule has 150 valence electrons. The van der Waals surface area contributed by atoms with Crippen molar-refractivity contribution in [3.8, 4) is 11.5 Å². The number of aliphatic hydroxyl groups excluding tert-OH is 1. The van der Waals surface area contributed by atoms with E-state index in [2.05, 4.69) is 5.32 Å². The number of hydrogen-bond acceptors (Lipinski definition) is 5. The van der Waals surface area contributed by atoms with Crippen molar-refractivity contribution in [3.63, 3.8) is 0 Å². The summed E-state index contributed by atoms with van der Waals surface area (Å²) in [5.74, 6) is 0.961. The Kier molecular flexibility index (Phi) is 11.4. The summed E-state index contributed by atoms with van der Waals surface area (Å²) in [6.45, 7) is 4.62. The first-order valence-corrected chi connectivity index (χ1v) is 8.76. The van der Waals surface area contributed by atoms with Crippen molar-refractivity contribution < 1.29 is 23.7 Å². The van der Waals surface area contributed by atoms with Crippen LogP contribution in [0.25, 0.3) is 0 Å². The normalized spacial score (nSPS) is 10.3. The summed E-state index contributed by atoms with van der Waals surface area (Å²) in [6, 6.07) is 12.2. The van der Waals surface area contributed by atoms with Gasteiger partial charge in [0.2, 0.25) is 0 Å². The summed E-state index contributed by atoms with van der Waals surface area (Å²) in [5, 5.41) is 12.0. The van der Waals surface area contributed by atoms with E-state index in [1.807, 2.05) is 25.1 Å². The van der Waals surface area contributed by atoms with E-state index in [4.69, 9.17) is 19.3 Å². The summed E-state index contributed by atoms with van der Waals surface area (Å²) < 4.78 is 30.6. The second kappa shape index (κ2) is 13.3. The Bertz CT molecular complexity index is 672. The maximum absolute atomic E-state index is 13.8. The van der Waals surface area contributed by atoms with Crippen LogP contribution in [0.5, 0.6) is 11.5 Å². The molecule has 5 nitrogen and oxygen atoms in total. The zero-order valence-corrected chi connectivity index (χ0v) is 16.3. The van der Waals surface area contributed by atoms with Crippen LogP contribution >= 0.6 is 12.4 Å². The minimum absolute atomic E-state index is 0. The Hall–Kier alpha value is -1.86. The second-order valence-corrected chi connectivity index (χ2v) is 5.57. The molecule has 0 unspecified atom stereocenters. The number of ether oxygens (including phenoxy) is 3. The van der Waals surface area contributed by atoms with Crippen molar-refractivity contribution in [1.82, 2.24) is 5.32 Å². The lowest BCUT2D eigenvalue weighted by Gasteiger charge is -2.17. The predicted octanol–water partition coefficient (Wildman–Crippen LogP) is 3.32. The third-order valence-corrected chi connectivity index (χ3v) is 3.66. The van der Waals surface area contributed by atoms with Crippen LogP contribution in [-0.4, -0.2) is 38.1 Å². The van der Waals surface area contributed by atoms with Crippen molar-refractivity contribution in [2.75, 3.05) is 33.0 Å². The Morgan fingerprint density at radius 2 is 1.78 bits per heavy atom. The number of aliphatic hydroxyl groups is 1. The van der Waals surface area contributed by atoms with Gasteiger partial charge in [0.05, 0.1) is 26.4 Å². The third-order valence-electron chi connectivity index (χ3n) is 3.66. The minimum atomic E-state index is -0.290. The maximum Gasteiger partial charge on any atom is 0.166 e. The molecule has 0 heterocycles. The van der Waals surface area contributed by atoms with Gasteiger partial charge < -0.3 is 24.6 Å². The first-order chi connectivity index (χ1) is 12.8. The van der Waals surface area contributed by atoms with E-state index >= 15 is 0 Å². The third kappa shape index (κ3) is 7.72. The number of benzene rings is 2. The molecular formula is C20H27ClFNO4. The monoisotopic (exact) mass is 399 g/mol. The molecule has 0 aliphatic heterocycles. The number of halogens is 2. The van der Waals surface area contributed by atoms with Gasteiger partial charge in [0.1, 0.15) is 12.4 Å². The van der Waals surface area contributed by atoms with Crippen LogP contribution in [0.4, 0.5) is 4.39 Å². The molecule has 0 bridgehead atoms. The zero-order valence-electron chi connectivity index (χ0n) is 15.4. The molecule has 0 spiro atoms. The van der Waals surface area contributed by atoms with Gasteiger partial charge in [0.25, 0.3) is 0 Å². The van der Waals surface area contributed by atoms with Crippen molar-refractivity contribution >= 4 is 12.4 Å². The fraction of sp³-hybridized carbons (Fsp3) is 0.400. The molecule has 0 radical (unpaired) electrons. The molecule has 7 heteroatoms. The van der Waals surface area contributed by atoms with Crippen LogP contribution in [-0.2, 0) is 17.9 Å². The molecule has 0 fully saturated rings. The van der Waals surface area contributed by atoms with Crippen molar-refractivity contribution in [2.45, 2.75) is 20.1 Å². The molecule has 0 atom stereocenters. The van der Waals surface area contributed by atoms with Crippen LogP contribution in [0.15, 0.2) is 42.5 Å². The van der Waals surface area contributed by atoms with Crippen LogP contribution in [0.3, 0.4) is 0 Å². The maximum atomic E-state index is 13.8. The quantitative estimate of drug-likeness (QED) is 0.536. The number of para-hydroxylation sites is 1. The molecule has 0 aliphatic rings. The van der Waals surface area contributed by atoms with E-state index in [0.717, 1.165) is 5.56 Å². The van der Waals surface area contributed by atoms with Gasteiger partial charge in [-0.2, -0.15) is 0 Å². The van der Waals surface area contributed by atoms with Gasteiger partial charge in [-0.1, -0.05) is 30.3 Å². The van der Waals surface area contributed by atoms with Crippen LogP contribution in [0, 0.1) is 5.82 Å². The Labute approximate surface area is 165 Å². The lowest BCUT2D eigenvalue weighted by molar-refractivity contribution is 0.0937. The van der Waals surface area contributed by atoms with Gasteiger partial charge in [-0.15, -0.1) is 12.4 Å². The average Bonchev–Trinajstić information content (AvgIpc) is 2.65. The summed E-state index contributed by atoms with van der Waals surface area (Å²) in [6.07, 6.45) is 0. The first kappa shape index (κ1) is 23.2. The molecule has 2 aromatic rings. The highest BCUT2D eigenvalue weighted by Crippen LogP contribution is 2.32. The smallest absolute Gasteiger partial charge is 0.166 e. The molecule has 0 saturated heterocycles. The molecule has 0 amide bonds. The fourth-order valence-electron chi connectivity index (χ4n) is 2.43. The summed E-state index contributed by atoms with van der Waals surface area (Å²) >= 11 is 0. The summed E-state index contributed by atoms with van der Waals surface area (Å²) in [7, 11) is 0. The molecule has 2 aromatic carbocycles. The van der Waals surface area contributed by atoms with Crippen LogP contribution in [0.1, 0.15) is 18.1 Å². The summed E-state index contributed by atoms with van der Waals surface area (Å²) in [5.41, 5.74) is 1.42. The van der Waals surface area contributed by atoms with E-state index in [1.165, 1.54) is 6.07 Å². The highest BCUT2D eigenvalue weighted by atomic mass is 35.5. The molecule has 0 saturated carbocycles. The average molecular weight is 400 g/mol. The molecule has 0 aromatic heterocycles. The standard InChI is InChI=1S/C20H26FNO4.ClH/c1-2-25-19-9-5-7-16(14-22-10-12-24-13-11-23)20(19)26-15-17-6-3-4-8-18(17)21;/h3-9,22-23H,2,10-15H2,1H3;1H. The molecule has 2 N–H and O–H groups in total. The summed E-state index contributed by atoms with van der Waals surface area (Å²) in [4.78, 5) is 0. The Morgan fingerprint density at radius 1 is 1.00 bits per heavy atom. The van der Waals surface area contributed by atoms with Gasteiger partial charge in [0.15, 0.2) is 11.5 Å². The number of hydrogen-bond donors (Lipinski definition) is 2. The number of rotatable bonds is 12. The van der Waals surface area contributed by atoms with E-state index in [1.54, 1.807) is 18.2 Å². The van der Waals surface area contributed by atoms with Crippen molar-refractivity contribution in [3.05, 3.63) is 59.4 Å². The number of nitrogens with one attached hydrogen (secondary N) is 1. The SMILES string of the molecule is CCOc1cccc(CNCCOCCO)c1OCc1ccccc1F.Cl. The molecular weight excluding hydrogens is 373 g/mol. The van der Waals surface area contributed by atoms with E-state index in [9.17, 15) is 4.39 Å². The second-order valence-electron chi connectivity index (χ2n) is 5.57. The van der Waals surface area contributed by atoms with Crippen LogP contribution < -0.4 is 14.8 Å². The van der Waals surface area contributed by atoms with Crippen molar-refractivity contribution in [1.29, 1.82) is 0 Å². The van der Waals surface area contributed by atoms with Crippen molar-refractivity contribution in [2.24, 2.45) is 0 Å². The molecule has 27 heavy (non-hydrogen) atoms. The highest BCUT2D eigenvalue weighted by molar-refractivity contribution is 5.85. The van der Waals surface area contributed by atoms with Gasteiger partial charge >= 0.3 is 0 Å². The zero-order chi connectivity index (χ0) is 18.6. The Morgan fingerprint density at radius 3 is 2.52 bits per heavy atom. The fourth-order valence-corrected chi connectivity index (χ4v) is 2.43. The van der Waals surface area contributed by atoms with E-state index in [-0.39, 0.29) is 31.4 Å². The Balaban J connectivity index is 0.00000364. The van der Waals surface area contributed by atoms with E-state index < -0.39 is 0 Å².